The van der Waals surface area contributed by atoms with E-state index in [1.807, 2.05) is 69.3 Å². The molecule has 0 saturated heterocycles. The summed E-state index contributed by atoms with van der Waals surface area (Å²) in [5.41, 5.74) is 3.55. The first-order valence-corrected chi connectivity index (χ1v) is 9.11. The highest BCUT2D eigenvalue weighted by Crippen LogP contribution is 2.24. The third-order valence-electron chi connectivity index (χ3n) is 4.30. The number of carbonyl (C=O) groups excluding carboxylic acids is 1. The minimum Gasteiger partial charge on any atom is -0.494 e. The predicted molar refractivity (Wildman–Crippen MR) is 106 cm³/mol. The summed E-state index contributed by atoms with van der Waals surface area (Å²) in [5.74, 6) is 2.19. The second kappa shape index (κ2) is 8.54. The van der Waals surface area contributed by atoms with Gasteiger partial charge in [-0.15, -0.1) is 0 Å². The molecule has 0 bridgehead atoms. The van der Waals surface area contributed by atoms with Gasteiger partial charge in [0, 0.05) is 17.7 Å². The molecule has 3 rings (SSSR count). The quantitative estimate of drug-likeness (QED) is 0.646. The van der Waals surface area contributed by atoms with Crippen molar-refractivity contribution in [3.8, 4) is 17.2 Å². The first kappa shape index (κ1) is 18.7. The van der Waals surface area contributed by atoms with E-state index in [1.165, 1.54) is 0 Å². The first-order chi connectivity index (χ1) is 13.0. The molecule has 1 amide bonds. The van der Waals surface area contributed by atoms with E-state index in [1.54, 1.807) is 0 Å². The van der Waals surface area contributed by atoms with Crippen molar-refractivity contribution in [2.75, 3.05) is 11.9 Å². The summed E-state index contributed by atoms with van der Waals surface area (Å²) in [5, 5.41) is 2.94. The summed E-state index contributed by atoms with van der Waals surface area (Å²) in [4.78, 5) is 16.7. The van der Waals surface area contributed by atoms with Crippen molar-refractivity contribution < 1.29 is 13.9 Å². The molecule has 0 atom stereocenters. The number of hydrogen-bond donors (Lipinski definition) is 1. The largest absolute Gasteiger partial charge is 0.494 e. The highest BCUT2D eigenvalue weighted by atomic mass is 16.5. The predicted octanol–water partition coefficient (Wildman–Crippen LogP) is 4.93. The first-order valence-electron chi connectivity index (χ1n) is 9.11. The number of rotatable bonds is 7. The fraction of sp³-hybridized carbons (Fsp3) is 0.273. The molecule has 0 fully saturated rings. The molecular weight excluding hydrogens is 340 g/mol. The molecule has 0 aliphatic heterocycles. The number of nitrogens with zero attached hydrogens (tertiary/aromatic N) is 1. The molecule has 1 aromatic heterocycles. The summed E-state index contributed by atoms with van der Waals surface area (Å²) in [7, 11) is 0. The minimum atomic E-state index is -0.0270. The van der Waals surface area contributed by atoms with Gasteiger partial charge in [-0.2, -0.15) is 0 Å². The van der Waals surface area contributed by atoms with Crippen molar-refractivity contribution in [2.45, 2.75) is 33.6 Å². The van der Waals surface area contributed by atoms with Gasteiger partial charge in [0.05, 0.1) is 12.3 Å². The fourth-order valence-electron chi connectivity index (χ4n) is 2.73. The van der Waals surface area contributed by atoms with Gasteiger partial charge < -0.3 is 14.5 Å². The van der Waals surface area contributed by atoms with Crippen molar-refractivity contribution in [3.05, 3.63) is 65.5 Å². The van der Waals surface area contributed by atoms with Crippen LogP contribution in [0.4, 0.5) is 5.69 Å². The number of aryl methyl sites for hydroxylation is 3. The van der Waals surface area contributed by atoms with Gasteiger partial charge in [-0.1, -0.05) is 18.2 Å². The lowest BCUT2D eigenvalue weighted by atomic mass is 10.1. The maximum Gasteiger partial charge on any atom is 0.226 e. The second-order valence-corrected chi connectivity index (χ2v) is 6.37. The van der Waals surface area contributed by atoms with Crippen LogP contribution < -0.4 is 10.1 Å². The molecule has 1 heterocycles. The molecule has 5 heteroatoms. The number of ether oxygens (including phenoxy) is 1. The van der Waals surface area contributed by atoms with Gasteiger partial charge in [-0.05, 0) is 63.1 Å². The zero-order valence-corrected chi connectivity index (χ0v) is 15.9. The molecule has 1 N–H and O–H groups in total. The summed E-state index contributed by atoms with van der Waals surface area (Å²) in [6.45, 7) is 6.40. The Morgan fingerprint density at radius 3 is 2.59 bits per heavy atom. The average molecular weight is 364 g/mol. The van der Waals surface area contributed by atoms with E-state index in [0.29, 0.717) is 25.3 Å². The average Bonchev–Trinajstić information content (AvgIpc) is 3.00. The molecule has 0 unspecified atom stereocenters. The number of hydrogen-bond acceptors (Lipinski definition) is 4. The molecular formula is C22H24N2O3. The highest BCUT2D eigenvalue weighted by molar-refractivity contribution is 5.91. The van der Waals surface area contributed by atoms with Crippen LogP contribution >= 0.6 is 0 Å². The Labute approximate surface area is 159 Å². The number of amides is 1. The number of oxazole rings is 1. The van der Waals surface area contributed by atoms with Gasteiger partial charge in [0.2, 0.25) is 11.8 Å². The zero-order chi connectivity index (χ0) is 19.2. The van der Waals surface area contributed by atoms with Crippen LogP contribution in [0.5, 0.6) is 5.75 Å². The van der Waals surface area contributed by atoms with Crippen LogP contribution in [0.2, 0.25) is 0 Å². The normalized spacial score (nSPS) is 10.6. The minimum absolute atomic E-state index is 0.0270. The Balaban J connectivity index is 1.58. The maximum atomic E-state index is 12.3. The lowest BCUT2D eigenvalue weighted by Gasteiger charge is -2.07. The molecule has 0 spiro atoms. The summed E-state index contributed by atoms with van der Waals surface area (Å²) >= 11 is 0. The fourth-order valence-corrected chi connectivity index (χ4v) is 2.73. The van der Waals surface area contributed by atoms with E-state index < -0.39 is 0 Å². The smallest absolute Gasteiger partial charge is 0.226 e. The van der Waals surface area contributed by atoms with E-state index in [4.69, 9.17) is 9.15 Å². The van der Waals surface area contributed by atoms with Gasteiger partial charge in [-0.25, -0.2) is 4.98 Å². The summed E-state index contributed by atoms with van der Waals surface area (Å²) < 4.78 is 11.1. The van der Waals surface area contributed by atoms with Gasteiger partial charge >= 0.3 is 0 Å². The molecule has 140 valence electrons. The molecule has 0 saturated carbocycles. The van der Waals surface area contributed by atoms with Crippen LogP contribution in [-0.2, 0) is 11.2 Å². The van der Waals surface area contributed by atoms with Crippen molar-refractivity contribution in [2.24, 2.45) is 0 Å². The molecule has 3 aromatic rings. The van der Waals surface area contributed by atoms with Crippen molar-refractivity contribution >= 4 is 11.6 Å². The van der Waals surface area contributed by atoms with Crippen molar-refractivity contribution in [1.29, 1.82) is 0 Å². The van der Waals surface area contributed by atoms with Gasteiger partial charge in [0.1, 0.15) is 11.5 Å². The van der Waals surface area contributed by atoms with Gasteiger partial charge in [-0.3, -0.25) is 4.79 Å². The van der Waals surface area contributed by atoms with Crippen LogP contribution in [0.1, 0.15) is 30.4 Å². The molecule has 5 nitrogen and oxygen atoms in total. The Morgan fingerprint density at radius 2 is 1.93 bits per heavy atom. The van der Waals surface area contributed by atoms with Gasteiger partial charge in [0.15, 0.2) is 0 Å². The second-order valence-electron chi connectivity index (χ2n) is 6.37. The van der Waals surface area contributed by atoms with Crippen molar-refractivity contribution in [1.82, 2.24) is 4.98 Å². The maximum absolute atomic E-state index is 12.3. The third kappa shape index (κ3) is 4.97. The lowest BCUT2D eigenvalue weighted by Crippen LogP contribution is -2.12. The van der Waals surface area contributed by atoms with E-state index >= 15 is 0 Å². The van der Waals surface area contributed by atoms with E-state index in [-0.39, 0.29) is 5.91 Å². The molecule has 27 heavy (non-hydrogen) atoms. The zero-order valence-electron chi connectivity index (χ0n) is 15.9. The van der Waals surface area contributed by atoms with Crippen LogP contribution in [0, 0.1) is 13.8 Å². The highest BCUT2D eigenvalue weighted by Gasteiger charge is 2.10. The van der Waals surface area contributed by atoms with Crippen LogP contribution in [-0.4, -0.2) is 17.5 Å². The Hall–Kier alpha value is -3.08. The number of carbonyl (C=O) groups is 1. The topological polar surface area (TPSA) is 64.4 Å². The monoisotopic (exact) mass is 364 g/mol. The van der Waals surface area contributed by atoms with E-state index in [9.17, 15) is 4.79 Å². The molecule has 0 radical (unpaired) electrons. The van der Waals surface area contributed by atoms with Gasteiger partial charge in [0.25, 0.3) is 0 Å². The Bertz CT molecular complexity index is 894. The summed E-state index contributed by atoms with van der Waals surface area (Å²) in [6, 6.07) is 15.4. The van der Waals surface area contributed by atoms with Crippen LogP contribution in [0.15, 0.2) is 52.9 Å². The van der Waals surface area contributed by atoms with Crippen molar-refractivity contribution in [3.63, 3.8) is 0 Å². The SMILES string of the molecule is CCOc1ccc(CCC(=O)Nc2cccc(-c3nc(C)c(C)o3)c2)cc1. The standard InChI is InChI=1S/C22H24N2O3/c1-4-26-20-11-8-17(9-12-20)10-13-21(25)24-19-7-5-6-18(14-19)22-23-15(2)16(3)27-22/h5-9,11-12,14H,4,10,13H2,1-3H3,(H,24,25). The Kier molecular flexibility index (Phi) is 5.91. The van der Waals surface area contributed by atoms with E-state index in [0.717, 1.165) is 34.0 Å². The number of anilines is 1. The van der Waals surface area contributed by atoms with Crippen LogP contribution in [0.25, 0.3) is 11.5 Å². The lowest BCUT2D eigenvalue weighted by molar-refractivity contribution is -0.116. The Morgan fingerprint density at radius 1 is 1.15 bits per heavy atom. The molecule has 0 aliphatic carbocycles. The summed E-state index contributed by atoms with van der Waals surface area (Å²) in [6.07, 6.45) is 1.09. The number of benzene rings is 2. The van der Waals surface area contributed by atoms with E-state index in [2.05, 4.69) is 10.3 Å². The third-order valence-corrected chi connectivity index (χ3v) is 4.30. The number of aromatic nitrogens is 1. The number of nitrogens with one attached hydrogen (secondary N) is 1. The molecule has 2 aromatic carbocycles. The van der Waals surface area contributed by atoms with Crippen LogP contribution in [0.3, 0.4) is 0 Å². The molecule has 0 aliphatic rings.